The van der Waals surface area contributed by atoms with E-state index in [4.69, 9.17) is 0 Å². The molecule has 0 saturated heterocycles. The number of hydrogen-bond acceptors (Lipinski definition) is 0. The minimum absolute atomic E-state index is 0. The van der Waals surface area contributed by atoms with Gasteiger partial charge in [-0.25, -0.2) is 0 Å². The van der Waals surface area contributed by atoms with Gasteiger partial charge in [-0.2, -0.15) is 11.1 Å². The molecule has 0 spiro atoms. The summed E-state index contributed by atoms with van der Waals surface area (Å²) in [5, 5.41) is 1.61. The van der Waals surface area contributed by atoms with E-state index in [0.717, 1.165) is 0 Å². The summed E-state index contributed by atoms with van der Waals surface area (Å²) in [4.78, 5) is 0. The van der Waals surface area contributed by atoms with Crippen LogP contribution < -0.4 is 0 Å². The van der Waals surface area contributed by atoms with Crippen LogP contribution in [-0.4, -0.2) is 13.6 Å². The fourth-order valence-corrected chi connectivity index (χ4v) is 6.71. The second kappa shape index (κ2) is 7.89. The Labute approximate surface area is 197 Å². The maximum absolute atomic E-state index is 3.72. The SMILES string of the molecule is CC1=[C-]C2=CC=CC(=[Si](C)C)C(C)C2=C1C1c2ccccc2-c2ccccc21.[H-].[H-].[Hf]. The summed E-state index contributed by atoms with van der Waals surface area (Å²) in [6.45, 7) is 9.47. The van der Waals surface area contributed by atoms with Crippen molar-refractivity contribution in [3.63, 3.8) is 0 Å². The van der Waals surface area contributed by atoms with Crippen molar-refractivity contribution in [2.45, 2.75) is 32.9 Å². The molecule has 0 fully saturated rings. The van der Waals surface area contributed by atoms with Crippen molar-refractivity contribution in [3.8, 4) is 11.1 Å². The molecule has 2 heteroatoms. The molecule has 1 unspecified atom stereocenters. The summed E-state index contributed by atoms with van der Waals surface area (Å²) in [6, 6.07) is 17.9. The van der Waals surface area contributed by atoms with E-state index in [2.05, 4.69) is 99.8 Å². The summed E-state index contributed by atoms with van der Waals surface area (Å²) in [5.74, 6) is 0.765. The van der Waals surface area contributed by atoms with Crippen LogP contribution in [0.15, 0.2) is 89.1 Å². The van der Waals surface area contributed by atoms with Crippen LogP contribution in [0.1, 0.15) is 33.7 Å². The molecule has 146 valence electrons. The number of rotatable bonds is 1. The van der Waals surface area contributed by atoms with Gasteiger partial charge < -0.3 is 2.85 Å². The van der Waals surface area contributed by atoms with Crippen LogP contribution in [0, 0.1) is 12.0 Å². The van der Waals surface area contributed by atoms with E-state index < -0.39 is 8.41 Å². The van der Waals surface area contributed by atoms with E-state index in [9.17, 15) is 0 Å². The topological polar surface area (TPSA) is 0 Å². The number of fused-ring (bicyclic) bond motifs is 4. The van der Waals surface area contributed by atoms with Crippen LogP contribution in [0.4, 0.5) is 0 Å². The molecule has 2 aromatic rings. The van der Waals surface area contributed by atoms with Gasteiger partial charge in [0.15, 0.2) is 0 Å². The van der Waals surface area contributed by atoms with E-state index in [-0.39, 0.29) is 28.7 Å². The fourth-order valence-electron chi connectivity index (χ4n) is 5.27. The molecule has 29 heavy (non-hydrogen) atoms. The molecular formula is C27H27HfSi-3. The second-order valence-corrected chi connectivity index (χ2v) is 10.9. The van der Waals surface area contributed by atoms with Crippen LogP contribution in [-0.2, 0) is 25.8 Å². The Bertz CT molecular complexity index is 1120. The molecule has 0 aliphatic heterocycles. The minimum atomic E-state index is -0.503. The zero-order valence-corrected chi connectivity index (χ0v) is 22.1. The summed E-state index contributed by atoms with van der Waals surface area (Å²) in [5.41, 5.74) is 11.2. The molecule has 0 heterocycles. The van der Waals surface area contributed by atoms with Crippen molar-refractivity contribution in [2.24, 2.45) is 5.92 Å². The molecule has 1 atom stereocenters. The molecule has 3 aliphatic rings. The first-order valence-electron chi connectivity index (χ1n) is 10.2. The van der Waals surface area contributed by atoms with Gasteiger partial charge in [0.25, 0.3) is 0 Å². The largest absolute Gasteiger partial charge is 1.00 e. The molecule has 0 saturated carbocycles. The molecule has 0 bridgehead atoms. The first-order valence-corrected chi connectivity index (χ1v) is 12.7. The van der Waals surface area contributed by atoms with E-state index >= 15 is 0 Å². The van der Waals surface area contributed by atoms with Gasteiger partial charge >= 0.3 is 0 Å². The summed E-state index contributed by atoms with van der Waals surface area (Å²) >= 11 is 0. The van der Waals surface area contributed by atoms with Gasteiger partial charge in [-0.1, -0.05) is 86.7 Å². The number of hydrogen-bond donors (Lipinski definition) is 0. The molecule has 2 aromatic carbocycles. The third kappa shape index (κ3) is 3.16. The quantitative estimate of drug-likeness (QED) is 0.270. The Morgan fingerprint density at radius 2 is 1.48 bits per heavy atom. The molecule has 0 aromatic heterocycles. The van der Waals surface area contributed by atoms with Crippen molar-refractivity contribution in [1.82, 2.24) is 0 Å². The first-order chi connectivity index (χ1) is 13.6. The fraction of sp³-hybridized carbons (Fsp3) is 0.222. The van der Waals surface area contributed by atoms with Crippen molar-refractivity contribution in [2.75, 3.05) is 0 Å². The minimum Gasteiger partial charge on any atom is -1.00 e. The number of benzene rings is 2. The van der Waals surface area contributed by atoms with Crippen molar-refractivity contribution in [1.29, 1.82) is 0 Å². The average Bonchev–Trinajstić information content (AvgIpc) is 3.13. The van der Waals surface area contributed by atoms with Crippen LogP contribution in [0.3, 0.4) is 0 Å². The van der Waals surface area contributed by atoms with Crippen LogP contribution in [0.5, 0.6) is 0 Å². The van der Waals surface area contributed by atoms with E-state index in [1.165, 1.54) is 44.5 Å². The summed E-state index contributed by atoms with van der Waals surface area (Å²) < 4.78 is 0. The Balaban J connectivity index is 0.00000114. The standard InChI is InChI=1S/C27H25Si.Hf.2H/c1-17-16-19-10-9-15-24(28(3)4)18(2)26(19)25(17)27-22-13-7-5-11-20(22)21-12-6-8-14-23(21)27;;;/h5-15,18,27H,1-4H3;;;/q-1;;2*-1. The van der Waals surface area contributed by atoms with E-state index in [1.54, 1.807) is 5.17 Å². The van der Waals surface area contributed by atoms with Crippen molar-refractivity contribution in [3.05, 3.63) is 106 Å². The molecule has 0 radical (unpaired) electrons. The zero-order chi connectivity index (χ0) is 19.4. The zero-order valence-electron chi connectivity index (χ0n) is 19.5. The van der Waals surface area contributed by atoms with E-state index in [0.29, 0.717) is 11.8 Å². The Morgan fingerprint density at radius 3 is 2.07 bits per heavy atom. The normalized spacial score (nSPS) is 19.7. The van der Waals surface area contributed by atoms with Gasteiger partial charge in [0, 0.05) is 34.3 Å². The van der Waals surface area contributed by atoms with Crippen LogP contribution in [0.2, 0.25) is 13.1 Å². The second-order valence-electron chi connectivity index (χ2n) is 8.30. The Kier molecular flexibility index (Phi) is 5.61. The Hall–Kier alpha value is -1.64. The van der Waals surface area contributed by atoms with E-state index in [1.807, 2.05) is 0 Å². The van der Waals surface area contributed by atoms with Gasteiger partial charge in [0.1, 0.15) is 0 Å². The molecule has 5 rings (SSSR count). The maximum Gasteiger partial charge on any atom is 0.00715 e. The predicted octanol–water partition coefficient (Wildman–Crippen LogP) is 6.72. The molecule has 0 N–H and O–H groups in total. The van der Waals surface area contributed by atoms with Crippen LogP contribution in [0.25, 0.3) is 11.1 Å². The summed E-state index contributed by atoms with van der Waals surface area (Å²) in [7, 11) is -0.503. The van der Waals surface area contributed by atoms with Gasteiger partial charge in [-0.15, -0.1) is 29.4 Å². The third-order valence-electron chi connectivity index (χ3n) is 6.44. The molecular weight excluding hydrogens is 531 g/mol. The third-order valence-corrected chi connectivity index (χ3v) is 8.20. The maximum atomic E-state index is 3.72. The first kappa shape index (κ1) is 20.6. The van der Waals surface area contributed by atoms with Crippen molar-refractivity contribution < 1.29 is 28.7 Å². The number of allylic oxidation sites excluding steroid dienone is 8. The Morgan fingerprint density at radius 1 is 0.897 bits per heavy atom. The van der Waals surface area contributed by atoms with Gasteiger partial charge in [-0.3, -0.25) is 0 Å². The molecule has 3 aliphatic carbocycles. The predicted molar refractivity (Wildman–Crippen MR) is 124 cm³/mol. The van der Waals surface area contributed by atoms with Gasteiger partial charge in [0.05, 0.1) is 0 Å². The monoisotopic (exact) mass is 559 g/mol. The molecule has 0 nitrogen and oxygen atoms in total. The van der Waals surface area contributed by atoms with Gasteiger partial charge in [-0.05, 0) is 34.1 Å². The average molecular weight is 558 g/mol. The van der Waals surface area contributed by atoms with Gasteiger partial charge in [0.2, 0.25) is 0 Å². The van der Waals surface area contributed by atoms with Crippen LogP contribution >= 0.6 is 0 Å². The smallest absolute Gasteiger partial charge is 0.00715 e. The summed E-state index contributed by atoms with van der Waals surface area (Å²) in [6.07, 6.45) is 10.6. The van der Waals surface area contributed by atoms with Crippen molar-refractivity contribution >= 4 is 13.6 Å². The molecule has 0 amide bonds.